The average Bonchev–Trinajstić information content (AvgIpc) is 3.01. The molecule has 6 nitrogen and oxygen atoms in total. The predicted molar refractivity (Wildman–Crippen MR) is 117 cm³/mol. The number of anilines is 1. The van der Waals surface area contributed by atoms with Crippen LogP contribution in [0.3, 0.4) is 0 Å². The van der Waals surface area contributed by atoms with E-state index in [0.29, 0.717) is 26.0 Å². The molecule has 154 valence electrons. The number of aryl methyl sites for hydroxylation is 1. The highest BCUT2D eigenvalue weighted by molar-refractivity contribution is 6.09. The molecular weight excluding hydrogens is 366 g/mol. The van der Waals surface area contributed by atoms with Gasteiger partial charge in [-0.3, -0.25) is 9.59 Å². The fraction of sp³-hybridized carbons (Fsp3) is 0.391. The van der Waals surface area contributed by atoms with Gasteiger partial charge in [-0.25, -0.2) is 0 Å². The van der Waals surface area contributed by atoms with Gasteiger partial charge in [0.25, 0.3) is 0 Å². The van der Waals surface area contributed by atoms with Gasteiger partial charge in [0.15, 0.2) is 0 Å². The van der Waals surface area contributed by atoms with Crippen molar-refractivity contribution in [2.24, 2.45) is 5.92 Å². The number of carbonyl (C=O) groups excluding carboxylic acids is 2. The molecule has 0 saturated carbocycles. The predicted octanol–water partition coefficient (Wildman–Crippen LogP) is 3.93. The number of aromatic nitrogens is 1. The zero-order valence-electron chi connectivity index (χ0n) is 17.3. The molecule has 0 saturated heterocycles. The molecule has 1 heterocycles. The molecule has 2 N–H and O–H groups in total. The number of hydrogen-bond donors (Lipinski definition) is 2. The van der Waals surface area contributed by atoms with E-state index in [9.17, 15) is 9.59 Å². The highest BCUT2D eigenvalue weighted by atomic mass is 16.5. The molecule has 2 aromatic carbocycles. The standard InChI is InChI=1S/C23H29N3O3/c1-4-26-20-8-6-5-7-18(20)19-15-17(9-10-21(19)26)25-23(28)14-16(2)13-22(27)24-11-12-29-3/h5-10,15-16H,4,11-14H2,1-3H3,(H,24,27)(H,25,28). The maximum atomic E-state index is 12.5. The smallest absolute Gasteiger partial charge is 0.224 e. The van der Waals surface area contributed by atoms with Crippen LogP contribution in [-0.2, 0) is 20.9 Å². The van der Waals surface area contributed by atoms with E-state index in [2.05, 4.69) is 40.3 Å². The van der Waals surface area contributed by atoms with Gasteiger partial charge in [0.05, 0.1) is 6.61 Å². The third kappa shape index (κ3) is 4.95. The molecule has 0 aliphatic rings. The maximum Gasteiger partial charge on any atom is 0.224 e. The van der Waals surface area contributed by atoms with Crippen LogP contribution in [0.25, 0.3) is 21.8 Å². The number of para-hydroxylation sites is 1. The van der Waals surface area contributed by atoms with Crippen LogP contribution in [0.15, 0.2) is 42.5 Å². The quantitative estimate of drug-likeness (QED) is 0.539. The number of hydrogen-bond acceptors (Lipinski definition) is 3. The first-order chi connectivity index (χ1) is 14.0. The number of nitrogens with one attached hydrogen (secondary N) is 2. The highest BCUT2D eigenvalue weighted by Crippen LogP contribution is 2.31. The largest absolute Gasteiger partial charge is 0.383 e. The second-order valence-electron chi connectivity index (χ2n) is 7.40. The van der Waals surface area contributed by atoms with Gasteiger partial charge in [-0.1, -0.05) is 25.1 Å². The van der Waals surface area contributed by atoms with Gasteiger partial charge in [0.2, 0.25) is 11.8 Å². The molecule has 1 aromatic heterocycles. The van der Waals surface area contributed by atoms with Gasteiger partial charge < -0.3 is 19.9 Å². The Morgan fingerprint density at radius 1 is 1.03 bits per heavy atom. The molecule has 1 unspecified atom stereocenters. The third-order valence-corrected chi connectivity index (χ3v) is 5.07. The van der Waals surface area contributed by atoms with Crippen molar-refractivity contribution in [1.82, 2.24) is 9.88 Å². The van der Waals surface area contributed by atoms with E-state index in [1.165, 1.54) is 10.9 Å². The lowest BCUT2D eigenvalue weighted by molar-refractivity contribution is -0.122. The summed E-state index contributed by atoms with van der Waals surface area (Å²) < 4.78 is 7.19. The molecule has 0 aliphatic carbocycles. The molecule has 6 heteroatoms. The Morgan fingerprint density at radius 3 is 2.52 bits per heavy atom. The minimum atomic E-state index is -0.0826. The van der Waals surface area contributed by atoms with E-state index in [4.69, 9.17) is 4.74 Å². The van der Waals surface area contributed by atoms with Gasteiger partial charge >= 0.3 is 0 Å². The second-order valence-corrected chi connectivity index (χ2v) is 7.40. The SMILES string of the molecule is CCn1c2ccccc2c2cc(NC(=O)CC(C)CC(=O)NCCOC)ccc21. The Labute approximate surface area is 171 Å². The van der Waals surface area contributed by atoms with E-state index >= 15 is 0 Å². The number of methoxy groups -OCH3 is 1. The molecule has 0 spiro atoms. The molecule has 0 aliphatic heterocycles. The lowest BCUT2D eigenvalue weighted by Gasteiger charge is -2.12. The van der Waals surface area contributed by atoms with E-state index in [-0.39, 0.29) is 17.7 Å². The summed E-state index contributed by atoms with van der Waals surface area (Å²) in [5.41, 5.74) is 3.13. The van der Waals surface area contributed by atoms with Gasteiger partial charge in [0, 0.05) is 60.5 Å². The molecule has 2 amide bonds. The van der Waals surface area contributed by atoms with Crippen LogP contribution in [0.5, 0.6) is 0 Å². The fourth-order valence-electron chi connectivity index (χ4n) is 3.75. The lowest BCUT2D eigenvalue weighted by atomic mass is 10.0. The minimum Gasteiger partial charge on any atom is -0.383 e. The van der Waals surface area contributed by atoms with Crippen LogP contribution < -0.4 is 10.6 Å². The summed E-state index contributed by atoms with van der Waals surface area (Å²) in [5, 5.41) is 8.08. The first kappa shape index (κ1) is 20.9. The zero-order chi connectivity index (χ0) is 20.8. The first-order valence-corrected chi connectivity index (χ1v) is 10.1. The van der Waals surface area contributed by atoms with E-state index in [0.717, 1.165) is 23.1 Å². The van der Waals surface area contributed by atoms with Crippen LogP contribution in [0.4, 0.5) is 5.69 Å². The van der Waals surface area contributed by atoms with Crippen molar-refractivity contribution in [1.29, 1.82) is 0 Å². The Bertz CT molecular complexity index is 1010. The molecule has 29 heavy (non-hydrogen) atoms. The third-order valence-electron chi connectivity index (χ3n) is 5.07. The number of benzene rings is 2. The topological polar surface area (TPSA) is 72.4 Å². The number of rotatable bonds is 9. The summed E-state index contributed by atoms with van der Waals surface area (Å²) in [5.74, 6) is -0.180. The minimum absolute atomic E-state index is 0.0386. The van der Waals surface area contributed by atoms with Crippen molar-refractivity contribution in [2.45, 2.75) is 33.2 Å². The number of ether oxygens (including phenoxy) is 1. The summed E-state index contributed by atoms with van der Waals surface area (Å²) >= 11 is 0. The van der Waals surface area contributed by atoms with Crippen molar-refractivity contribution >= 4 is 39.3 Å². The van der Waals surface area contributed by atoms with Gasteiger partial charge in [-0.2, -0.15) is 0 Å². The van der Waals surface area contributed by atoms with Crippen molar-refractivity contribution in [2.75, 3.05) is 25.6 Å². The monoisotopic (exact) mass is 395 g/mol. The summed E-state index contributed by atoms with van der Waals surface area (Å²) in [4.78, 5) is 24.3. The van der Waals surface area contributed by atoms with Gasteiger partial charge in [0.1, 0.15) is 0 Å². The van der Waals surface area contributed by atoms with Crippen LogP contribution in [0.1, 0.15) is 26.7 Å². The Kier molecular flexibility index (Phi) is 6.88. The molecule has 3 rings (SSSR count). The highest BCUT2D eigenvalue weighted by Gasteiger charge is 2.15. The van der Waals surface area contributed by atoms with Gasteiger partial charge in [-0.05, 0) is 37.1 Å². The molecular formula is C23H29N3O3. The number of carbonyl (C=O) groups is 2. The first-order valence-electron chi connectivity index (χ1n) is 10.1. The Hall–Kier alpha value is -2.86. The summed E-state index contributed by atoms with van der Waals surface area (Å²) in [6.07, 6.45) is 0.618. The lowest BCUT2D eigenvalue weighted by Crippen LogP contribution is -2.29. The van der Waals surface area contributed by atoms with Crippen LogP contribution in [0.2, 0.25) is 0 Å². The summed E-state index contributed by atoms with van der Waals surface area (Å²) in [7, 11) is 1.59. The molecule has 0 fully saturated rings. The average molecular weight is 396 g/mol. The number of nitrogens with zero attached hydrogens (tertiary/aromatic N) is 1. The Morgan fingerprint density at radius 2 is 1.76 bits per heavy atom. The maximum absolute atomic E-state index is 12.5. The zero-order valence-corrected chi connectivity index (χ0v) is 17.3. The van der Waals surface area contributed by atoms with Crippen molar-refractivity contribution in [3.63, 3.8) is 0 Å². The van der Waals surface area contributed by atoms with Crippen LogP contribution in [0, 0.1) is 5.92 Å². The van der Waals surface area contributed by atoms with E-state index in [1.807, 2.05) is 31.2 Å². The van der Waals surface area contributed by atoms with E-state index < -0.39 is 0 Å². The van der Waals surface area contributed by atoms with Crippen LogP contribution in [-0.4, -0.2) is 36.6 Å². The number of amides is 2. The van der Waals surface area contributed by atoms with Gasteiger partial charge in [-0.15, -0.1) is 0 Å². The summed E-state index contributed by atoms with van der Waals surface area (Å²) in [6, 6.07) is 14.3. The van der Waals surface area contributed by atoms with E-state index in [1.54, 1.807) is 7.11 Å². The fourth-order valence-corrected chi connectivity index (χ4v) is 3.75. The van der Waals surface area contributed by atoms with Crippen LogP contribution >= 0.6 is 0 Å². The number of fused-ring (bicyclic) bond motifs is 3. The Balaban J connectivity index is 1.66. The summed E-state index contributed by atoms with van der Waals surface area (Å²) in [6.45, 7) is 5.90. The molecule has 0 radical (unpaired) electrons. The molecule has 3 aromatic rings. The normalized spacial score (nSPS) is 12.2. The second kappa shape index (κ2) is 9.56. The molecule has 0 bridgehead atoms. The molecule has 1 atom stereocenters. The van der Waals surface area contributed by atoms with Crippen molar-refractivity contribution < 1.29 is 14.3 Å². The van der Waals surface area contributed by atoms with Crippen molar-refractivity contribution in [3.05, 3.63) is 42.5 Å². The van der Waals surface area contributed by atoms with Crippen molar-refractivity contribution in [3.8, 4) is 0 Å².